The smallest absolute Gasteiger partial charge is 0.252 e. The zero-order valence-corrected chi connectivity index (χ0v) is 15.2. The van der Waals surface area contributed by atoms with Gasteiger partial charge in [0.15, 0.2) is 0 Å². The number of aromatic nitrogens is 3. The lowest BCUT2D eigenvalue weighted by molar-refractivity contribution is -0.116. The van der Waals surface area contributed by atoms with Crippen LogP contribution in [0.4, 0.5) is 17.3 Å². The van der Waals surface area contributed by atoms with Gasteiger partial charge in [-0.2, -0.15) is 4.98 Å². The first kappa shape index (κ1) is 17.6. The van der Waals surface area contributed by atoms with Gasteiger partial charge in [-0.05, 0) is 44.2 Å². The minimum absolute atomic E-state index is 0.00430. The van der Waals surface area contributed by atoms with Gasteiger partial charge in [-0.15, -0.1) is 0 Å². The number of benzene rings is 1. The van der Waals surface area contributed by atoms with Gasteiger partial charge in [-0.3, -0.25) is 14.2 Å². The fourth-order valence-corrected chi connectivity index (χ4v) is 2.68. The van der Waals surface area contributed by atoms with Crippen molar-refractivity contribution in [2.24, 2.45) is 0 Å². The normalized spacial score (nSPS) is 11.0. The molecule has 0 aliphatic rings. The molecule has 0 bridgehead atoms. The molecule has 0 fully saturated rings. The lowest BCUT2D eigenvalue weighted by Crippen LogP contribution is -2.22. The van der Waals surface area contributed by atoms with Gasteiger partial charge in [0.25, 0.3) is 5.56 Å². The van der Waals surface area contributed by atoms with E-state index >= 15 is 0 Å². The molecule has 7 nitrogen and oxygen atoms in total. The number of hydrogen-bond donors (Lipinski definition) is 1. The van der Waals surface area contributed by atoms with E-state index in [2.05, 4.69) is 15.3 Å². The van der Waals surface area contributed by atoms with Gasteiger partial charge in [0, 0.05) is 49.0 Å². The number of amides is 1. The lowest BCUT2D eigenvalue weighted by atomic mass is 10.2. The van der Waals surface area contributed by atoms with Crippen LogP contribution in [0.15, 0.2) is 47.4 Å². The zero-order chi connectivity index (χ0) is 18.8. The van der Waals surface area contributed by atoms with Crippen molar-refractivity contribution in [2.75, 3.05) is 17.3 Å². The first-order chi connectivity index (χ1) is 12.4. The molecular weight excluding hydrogens is 330 g/mol. The summed E-state index contributed by atoms with van der Waals surface area (Å²) < 4.78 is 1.65. The first-order valence-electron chi connectivity index (χ1n) is 8.36. The van der Waals surface area contributed by atoms with Crippen LogP contribution in [0.1, 0.15) is 26.8 Å². The van der Waals surface area contributed by atoms with Gasteiger partial charge < -0.3 is 10.2 Å². The van der Waals surface area contributed by atoms with Crippen LogP contribution in [-0.4, -0.2) is 27.5 Å². The van der Waals surface area contributed by atoms with Crippen molar-refractivity contribution in [3.05, 3.63) is 52.9 Å². The Kier molecular flexibility index (Phi) is 4.71. The third kappa shape index (κ3) is 3.42. The third-order valence-corrected chi connectivity index (χ3v) is 4.17. The summed E-state index contributed by atoms with van der Waals surface area (Å²) in [5.41, 5.74) is 2.10. The van der Waals surface area contributed by atoms with Crippen LogP contribution in [-0.2, 0) is 4.79 Å². The van der Waals surface area contributed by atoms with E-state index in [1.807, 2.05) is 38.1 Å². The van der Waals surface area contributed by atoms with Gasteiger partial charge in [0.2, 0.25) is 11.9 Å². The highest BCUT2D eigenvalue weighted by Crippen LogP contribution is 2.20. The van der Waals surface area contributed by atoms with Crippen LogP contribution >= 0.6 is 0 Å². The average molecular weight is 351 g/mol. The van der Waals surface area contributed by atoms with Crippen molar-refractivity contribution in [1.82, 2.24) is 14.5 Å². The monoisotopic (exact) mass is 351 g/mol. The van der Waals surface area contributed by atoms with E-state index in [-0.39, 0.29) is 17.5 Å². The van der Waals surface area contributed by atoms with Crippen molar-refractivity contribution in [3.8, 4) is 0 Å². The molecule has 7 heteroatoms. The molecule has 0 aliphatic carbocycles. The van der Waals surface area contributed by atoms with E-state index < -0.39 is 0 Å². The summed E-state index contributed by atoms with van der Waals surface area (Å²) in [6, 6.07) is 10.6. The maximum atomic E-state index is 12.2. The van der Waals surface area contributed by atoms with Crippen LogP contribution in [0.25, 0.3) is 11.0 Å². The molecule has 0 radical (unpaired) electrons. The molecule has 0 saturated carbocycles. The van der Waals surface area contributed by atoms with Crippen molar-refractivity contribution >= 4 is 34.3 Å². The fourth-order valence-electron chi connectivity index (χ4n) is 2.68. The summed E-state index contributed by atoms with van der Waals surface area (Å²) >= 11 is 0. The summed E-state index contributed by atoms with van der Waals surface area (Å²) in [7, 11) is 1.72. The Bertz CT molecular complexity index is 1010. The molecule has 3 aromatic rings. The number of nitrogens with zero attached hydrogens (tertiary/aromatic N) is 4. The highest BCUT2D eigenvalue weighted by atomic mass is 16.2. The standard InChI is InChI=1S/C19H21N5O2/c1-12(2)24-17(26)10-5-14-11-20-19(22-18(14)24)21-15-6-8-16(9-7-15)23(4)13(3)25/h5-12H,1-4H3,(H,20,21,22). The van der Waals surface area contributed by atoms with Crippen molar-refractivity contribution in [3.63, 3.8) is 0 Å². The lowest BCUT2D eigenvalue weighted by Gasteiger charge is -2.16. The van der Waals surface area contributed by atoms with E-state index in [0.29, 0.717) is 11.6 Å². The molecule has 134 valence electrons. The van der Waals surface area contributed by atoms with Gasteiger partial charge >= 0.3 is 0 Å². The number of carbonyl (C=O) groups is 1. The number of fused-ring (bicyclic) bond motifs is 1. The maximum absolute atomic E-state index is 12.2. The predicted octanol–water partition coefficient (Wildman–Crippen LogP) is 3.10. The Morgan fingerprint density at radius 3 is 2.46 bits per heavy atom. The van der Waals surface area contributed by atoms with Crippen LogP contribution < -0.4 is 15.8 Å². The zero-order valence-electron chi connectivity index (χ0n) is 15.2. The minimum Gasteiger partial charge on any atom is -0.324 e. The number of hydrogen-bond acceptors (Lipinski definition) is 5. The van der Waals surface area contributed by atoms with E-state index in [1.165, 1.54) is 13.0 Å². The largest absolute Gasteiger partial charge is 0.324 e. The molecule has 1 aromatic carbocycles. The molecule has 1 N–H and O–H groups in total. The molecule has 0 spiro atoms. The van der Waals surface area contributed by atoms with Crippen molar-refractivity contribution in [1.29, 1.82) is 0 Å². The molecule has 1 amide bonds. The van der Waals surface area contributed by atoms with Crippen LogP contribution in [0.3, 0.4) is 0 Å². The quantitative estimate of drug-likeness (QED) is 0.781. The van der Waals surface area contributed by atoms with Gasteiger partial charge in [0.05, 0.1) is 0 Å². The highest BCUT2D eigenvalue weighted by Gasteiger charge is 2.10. The Morgan fingerprint density at radius 2 is 1.85 bits per heavy atom. The van der Waals surface area contributed by atoms with E-state index in [4.69, 9.17) is 0 Å². The topological polar surface area (TPSA) is 80.1 Å². The molecule has 2 heterocycles. The Labute approximate surface area is 151 Å². The number of nitrogens with one attached hydrogen (secondary N) is 1. The molecule has 26 heavy (non-hydrogen) atoms. The molecule has 0 atom stereocenters. The number of rotatable bonds is 4. The summed E-state index contributed by atoms with van der Waals surface area (Å²) in [5, 5.41) is 3.94. The van der Waals surface area contributed by atoms with Gasteiger partial charge in [-0.1, -0.05) is 0 Å². The maximum Gasteiger partial charge on any atom is 0.252 e. The first-order valence-corrected chi connectivity index (χ1v) is 8.36. The second kappa shape index (κ2) is 6.95. The fraction of sp³-hybridized carbons (Fsp3) is 0.263. The van der Waals surface area contributed by atoms with Crippen LogP contribution in [0.2, 0.25) is 0 Å². The molecule has 2 aromatic heterocycles. The Balaban J connectivity index is 1.93. The average Bonchev–Trinajstić information content (AvgIpc) is 2.61. The Hall–Kier alpha value is -3.22. The molecular formula is C19H21N5O2. The number of pyridine rings is 1. The summed E-state index contributed by atoms with van der Waals surface area (Å²) in [5.74, 6) is 0.375. The predicted molar refractivity (Wildman–Crippen MR) is 103 cm³/mol. The minimum atomic E-state index is -0.0891. The molecule has 0 aliphatic heterocycles. The second-order valence-electron chi connectivity index (χ2n) is 6.36. The Morgan fingerprint density at radius 1 is 1.15 bits per heavy atom. The number of anilines is 3. The molecule has 0 saturated heterocycles. The summed E-state index contributed by atoms with van der Waals surface area (Å²) in [4.78, 5) is 34.0. The second-order valence-corrected chi connectivity index (χ2v) is 6.36. The van der Waals surface area contributed by atoms with Crippen LogP contribution in [0.5, 0.6) is 0 Å². The SMILES string of the molecule is CC(=O)N(C)c1ccc(Nc2ncc3ccc(=O)n(C(C)C)c3n2)cc1. The van der Waals surface area contributed by atoms with Gasteiger partial charge in [-0.25, -0.2) is 4.98 Å². The summed E-state index contributed by atoms with van der Waals surface area (Å²) in [6.45, 7) is 5.41. The number of carbonyl (C=O) groups excluding carboxylic acids is 1. The van der Waals surface area contributed by atoms with Crippen molar-refractivity contribution < 1.29 is 4.79 Å². The molecule has 0 unspecified atom stereocenters. The van der Waals surface area contributed by atoms with E-state index in [0.717, 1.165) is 16.8 Å². The van der Waals surface area contributed by atoms with Gasteiger partial charge in [0.1, 0.15) is 5.65 Å². The molecule has 3 rings (SSSR count). The van der Waals surface area contributed by atoms with Crippen LogP contribution in [0, 0.1) is 0 Å². The van der Waals surface area contributed by atoms with E-state index in [1.54, 1.807) is 28.8 Å². The van der Waals surface area contributed by atoms with E-state index in [9.17, 15) is 9.59 Å². The third-order valence-electron chi connectivity index (χ3n) is 4.17. The summed E-state index contributed by atoms with van der Waals surface area (Å²) in [6.07, 6.45) is 1.70. The van der Waals surface area contributed by atoms with Crippen molar-refractivity contribution in [2.45, 2.75) is 26.8 Å². The highest BCUT2D eigenvalue weighted by molar-refractivity contribution is 5.91.